The average Bonchev–Trinajstić information content (AvgIpc) is 3.18. The molecule has 1 amide bonds. The number of amides is 1. The zero-order valence-corrected chi connectivity index (χ0v) is 19.3. The largest absolute Gasteiger partial charge is 0.358 e. The van der Waals surface area contributed by atoms with Crippen LogP contribution in [-0.4, -0.2) is 20.9 Å². The molecule has 0 aliphatic rings. The molecule has 35 heavy (non-hydrogen) atoms. The quantitative estimate of drug-likeness (QED) is 0.280. The second-order valence-electron chi connectivity index (χ2n) is 8.38. The van der Waals surface area contributed by atoms with Crippen molar-refractivity contribution in [1.29, 1.82) is 0 Å². The van der Waals surface area contributed by atoms with Crippen molar-refractivity contribution in [2.24, 2.45) is 0 Å². The van der Waals surface area contributed by atoms with Crippen LogP contribution >= 0.6 is 0 Å². The number of benzene rings is 2. The van der Waals surface area contributed by atoms with Gasteiger partial charge in [0.25, 0.3) is 5.91 Å². The molecular weight excluding hydrogens is 441 g/mol. The van der Waals surface area contributed by atoms with Crippen molar-refractivity contribution in [3.63, 3.8) is 0 Å². The summed E-state index contributed by atoms with van der Waals surface area (Å²) in [6.45, 7) is 3.97. The Labute approximate surface area is 202 Å². The number of aromatic nitrogens is 3. The summed E-state index contributed by atoms with van der Waals surface area (Å²) in [5.41, 5.74) is 5.53. The van der Waals surface area contributed by atoms with Crippen LogP contribution in [0.5, 0.6) is 0 Å². The monoisotopic (exact) mass is 465 g/mol. The molecule has 2 aromatic carbocycles. The first-order valence-electron chi connectivity index (χ1n) is 11.3. The first-order chi connectivity index (χ1) is 17.0. The maximum atomic E-state index is 13.6. The average molecular weight is 466 g/mol. The zero-order valence-electron chi connectivity index (χ0n) is 19.3. The van der Waals surface area contributed by atoms with Crippen LogP contribution in [0.3, 0.4) is 0 Å². The first kappa shape index (κ1) is 22.3. The fourth-order valence-corrected chi connectivity index (χ4v) is 4.24. The highest BCUT2D eigenvalue weighted by molar-refractivity contribution is 6.05. The third kappa shape index (κ3) is 4.75. The van der Waals surface area contributed by atoms with Gasteiger partial charge in [0, 0.05) is 45.3 Å². The molecule has 7 heteroatoms. The van der Waals surface area contributed by atoms with Crippen molar-refractivity contribution >= 4 is 28.3 Å². The molecule has 3 aromatic heterocycles. The lowest BCUT2D eigenvalue weighted by Gasteiger charge is -2.20. The van der Waals surface area contributed by atoms with E-state index in [1.54, 1.807) is 12.3 Å². The van der Waals surface area contributed by atoms with Crippen LogP contribution in [0.4, 0.5) is 15.9 Å². The fourth-order valence-electron chi connectivity index (χ4n) is 4.24. The Hall–Kier alpha value is -4.52. The smallest absolute Gasteiger partial charge is 0.255 e. The fraction of sp³-hybridized carbons (Fsp3) is 0.107. The topological polar surface area (TPSA) is 82.7 Å². The third-order valence-electron chi connectivity index (χ3n) is 5.83. The molecule has 5 rings (SSSR count). The molecule has 5 aromatic rings. The van der Waals surface area contributed by atoms with Gasteiger partial charge in [0.2, 0.25) is 0 Å². The number of aryl methyl sites for hydroxylation is 2. The van der Waals surface area contributed by atoms with Crippen molar-refractivity contribution in [2.45, 2.75) is 19.9 Å². The van der Waals surface area contributed by atoms with E-state index in [4.69, 9.17) is 0 Å². The number of nitrogens with one attached hydrogen (secondary N) is 3. The number of H-pyrrole nitrogens is 1. The van der Waals surface area contributed by atoms with Crippen LogP contribution in [0, 0.1) is 19.7 Å². The molecule has 0 saturated carbocycles. The van der Waals surface area contributed by atoms with Gasteiger partial charge >= 0.3 is 0 Å². The number of anilines is 2. The molecule has 0 saturated heterocycles. The summed E-state index contributed by atoms with van der Waals surface area (Å²) in [5, 5.41) is 7.36. The molecule has 0 bridgehead atoms. The van der Waals surface area contributed by atoms with E-state index in [0.717, 1.165) is 39.4 Å². The van der Waals surface area contributed by atoms with E-state index in [0.29, 0.717) is 5.69 Å². The minimum Gasteiger partial charge on any atom is -0.358 e. The maximum Gasteiger partial charge on any atom is 0.255 e. The second-order valence-corrected chi connectivity index (χ2v) is 8.38. The summed E-state index contributed by atoms with van der Waals surface area (Å²) < 4.78 is 13.6. The number of carbonyl (C=O) groups is 1. The van der Waals surface area contributed by atoms with Crippen LogP contribution in [0.2, 0.25) is 0 Å². The molecule has 1 unspecified atom stereocenters. The Morgan fingerprint density at radius 3 is 2.60 bits per heavy atom. The summed E-state index contributed by atoms with van der Waals surface area (Å²) in [7, 11) is 0. The summed E-state index contributed by atoms with van der Waals surface area (Å²) in [4.78, 5) is 25.4. The number of nitrogens with zero attached hydrogens (tertiary/aromatic N) is 2. The number of fused-ring (bicyclic) bond motifs is 1. The highest BCUT2D eigenvalue weighted by Gasteiger charge is 2.23. The van der Waals surface area contributed by atoms with Crippen molar-refractivity contribution in [1.82, 2.24) is 15.0 Å². The van der Waals surface area contributed by atoms with Gasteiger partial charge in [0.15, 0.2) is 0 Å². The van der Waals surface area contributed by atoms with Crippen molar-refractivity contribution < 1.29 is 9.18 Å². The molecule has 3 N–H and O–H groups in total. The Morgan fingerprint density at radius 1 is 0.971 bits per heavy atom. The maximum absolute atomic E-state index is 13.6. The van der Waals surface area contributed by atoms with Gasteiger partial charge in [-0.15, -0.1) is 0 Å². The minimum atomic E-state index is -0.453. The predicted molar refractivity (Wildman–Crippen MR) is 136 cm³/mol. The standard InChI is InChI=1S/C28H24FN5O/c1-17-7-5-11-25(31-17)34-27(24-10-3-4-14-30-24)26-18(2)32-23-13-12-21(16-22(23)26)33-28(35)19-8-6-9-20(29)15-19/h3-16,27,32H,1-2H3,(H,31,34)(H,33,35). The highest BCUT2D eigenvalue weighted by Crippen LogP contribution is 2.35. The van der Waals surface area contributed by atoms with Gasteiger partial charge in [0.1, 0.15) is 11.6 Å². The Morgan fingerprint density at radius 2 is 1.83 bits per heavy atom. The molecule has 174 valence electrons. The third-order valence-corrected chi connectivity index (χ3v) is 5.83. The van der Waals surface area contributed by atoms with Crippen LogP contribution in [0.25, 0.3) is 10.9 Å². The van der Waals surface area contributed by atoms with E-state index in [9.17, 15) is 9.18 Å². The molecule has 0 aliphatic carbocycles. The lowest BCUT2D eigenvalue weighted by Crippen LogP contribution is -2.16. The highest BCUT2D eigenvalue weighted by atomic mass is 19.1. The normalized spacial score (nSPS) is 11.9. The van der Waals surface area contributed by atoms with Gasteiger partial charge in [-0.3, -0.25) is 9.78 Å². The second kappa shape index (κ2) is 9.38. The molecule has 6 nitrogen and oxygen atoms in total. The van der Waals surface area contributed by atoms with Gasteiger partial charge in [-0.2, -0.15) is 0 Å². The van der Waals surface area contributed by atoms with Crippen molar-refractivity contribution in [3.05, 3.63) is 119 Å². The number of rotatable bonds is 6. The van der Waals surface area contributed by atoms with Gasteiger partial charge < -0.3 is 15.6 Å². The molecule has 0 fully saturated rings. The van der Waals surface area contributed by atoms with E-state index >= 15 is 0 Å². The Kier molecular flexibility index (Phi) is 5.97. The molecule has 0 aliphatic heterocycles. The van der Waals surface area contributed by atoms with Crippen molar-refractivity contribution in [2.75, 3.05) is 10.6 Å². The first-order valence-corrected chi connectivity index (χ1v) is 11.3. The number of aromatic amines is 1. The molecule has 0 spiro atoms. The van der Waals surface area contributed by atoms with E-state index < -0.39 is 5.82 Å². The minimum absolute atomic E-state index is 0.258. The summed E-state index contributed by atoms with van der Waals surface area (Å²) in [5.74, 6) is -0.0864. The molecule has 0 radical (unpaired) electrons. The van der Waals surface area contributed by atoms with Gasteiger partial charge in [-0.05, 0) is 74.5 Å². The number of pyridine rings is 2. The Balaban J connectivity index is 1.56. The van der Waals surface area contributed by atoms with Crippen LogP contribution in [-0.2, 0) is 0 Å². The lowest BCUT2D eigenvalue weighted by atomic mass is 9.99. The Bertz CT molecular complexity index is 1510. The molecule has 3 heterocycles. The van der Waals surface area contributed by atoms with Gasteiger partial charge in [-0.1, -0.05) is 18.2 Å². The number of hydrogen-bond donors (Lipinski definition) is 3. The summed E-state index contributed by atoms with van der Waals surface area (Å²) in [6.07, 6.45) is 1.77. The van der Waals surface area contributed by atoms with Crippen LogP contribution in [0.1, 0.15) is 39.0 Å². The summed E-state index contributed by atoms with van der Waals surface area (Å²) >= 11 is 0. The number of halogens is 1. The number of hydrogen-bond acceptors (Lipinski definition) is 4. The SMILES string of the molecule is Cc1cccc(NC(c2ccccn2)c2c(C)[nH]c3ccc(NC(=O)c4cccc(F)c4)cc23)n1. The number of carbonyl (C=O) groups excluding carboxylic acids is 1. The van der Waals surface area contributed by atoms with E-state index in [-0.39, 0.29) is 17.5 Å². The lowest BCUT2D eigenvalue weighted by molar-refractivity contribution is 0.102. The zero-order chi connectivity index (χ0) is 24.4. The van der Waals surface area contributed by atoms with E-state index in [2.05, 4.69) is 25.6 Å². The van der Waals surface area contributed by atoms with Gasteiger partial charge in [-0.25, -0.2) is 9.37 Å². The van der Waals surface area contributed by atoms with Gasteiger partial charge in [0.05, 0.1) is 11.7 Å². The van der Waals surface area contributed by atoms with Crippen LogP contribution in [0.15, 0.2) is 85.1 Å². The van der Waals surface area contributed by atoms with Crippen molar-refractivity contribution in [3.8, 4) is 0 Å². The van der Waals surface area contributed by atoms with E-state index in [1.807, 2.05) is 68.4 Å². The molecule has 1 atom stereocenters. The summed E-state index contributed by atoms with van der Waals surface area (Å²) in [6, 6.07) is 22.7. The predicted octanol–water partition coefficient (Wildman–Crippen LogP) is 6.17. The van der Waals surface area contributed by atoms with E-state index in [1.165, 1.54) is 18.2 Å². The van der Waals surface area contributed by atoms with Crippen LogP contribution < -0.4 is 10.6 Å². The molecular formula is C28H24FN5O.